The molecule has 0 radical (unpaired) electrons. The number of nitrogens with zero attached hydrogens (tertiary/aromatic N) is 1. The fraction of sp³-hybridized carbons (Fsp3) is 0.400. The zero-order valence-electron chi connectivity index (χ0n) is 15.9. The Morgan fingerprint density at radius 1 is 1.35 bits per heavy atom. The number of alkyl halides is 1. The third-order valence-electron chi connectivity index (χ3n) is 4.80. The molecule has 0 saturated carbocycles. The van der Waals surface area contributed by atoms with E-state index in [2.05, 4.69) is 10.3 Å². The molecule has 0 fully saturated rings. The van der Waals surface area contributed by atoms with Crippen molar-refractivity contribution in [2.24, 2.45) is 5.41 Å². The van der Waals surface area contributed by atoms with Crippen LogP contribution in [0.15, 0.2) is 30.5 Å². The fourth-order valence-corrected chi connectivity index (χ4v) is 3.56. The molecule has 5 nitrogen and oxygen atoms in total. The van der Waals surface area contributed by atoms with Gasteiger partial charge in [0.25, 0.3) is 0 Å². The summed E-state index contributed by atoms with van der Waals surface area (Å²) in [7, 11) is 3.22. The van der Waals surface area contributed by atoms with Gasteiger partial charge in [0.05, 0.1) is 23.9 Å². The van der Waals surface area contributed by atoms with Crippen molar-refractivity contribution < 1.29 is 9.53 Å². The third-order valence-corrected chi connectivity index (χ3v) is 5.09. The molecular formula is C20H26ClN3O2. The maximum Gasteiger partial charge on any atom is 0.312 e. The van der Waals surface area contributed by atoms with Gasteiger partial charge in [-0.3, -0.25) is 9.78 Å². The molecule has 1 aromatic carbocycles. The minimum absolute atomic E-state index is 0.279. The highest BCUT2D eigenvalue weighted by Gasteiger charge is 2.40. The van der Waals surface area contributed by atoms with E-state index in [1.54, 1.807) is 6.20 Å². The van der Waals surface area contributed by atoms with Crippen LogP contribution < -0.4 is 11.1 Å². The third kappa shape index (κ3) is 3.78. The lowest BCUT2D eigenvalue weighted by atomic mass is 9.71. The highest BCUT2D eigenvalue weighted by Crippen LogP contribution is 2.43. The van der Waals surface area contributed by atoms with E-state index in [0.29, 0.717) is 11.6 Å². The van der Waals surface area contributed by atoms with Crippen molar-refractivity contribution in [3.05, 3.63) is 52.8 Å². The molecule has 0 bridgehead atoms. The van der Waals surface area contributed by atoms with E-state index in [1.165, 1.54) is 7.11 Å². The Bertz CT molecular complexity index is 806. The molecular weight excluding hydrogens is 350 g/mol. The van der Waals surface area contributed by atoms with Gasteiger partial charge in [0.2, 0.25) is 0 Å². The Kier molecular flexibility index (Phi) is 6.13. The van der Waals surface area contributed by atoms with Gasteiger partial charge in [-0.25, -0.2) is 0 Å². The van der Waals surface area contributed by atoms with E-state index in [-0.39, 0.29) is 11.9 Å². The monoisotopic (exact) mass is 375 g/mol. The van der Waals surface area contributed by atoms with Gasteiger partial charge in [0.15, 0.2) is 0 Å². The van der Waals surface area contributed by atoms with Crippen LogP contribution in [-0.2, 0) is 15.4 Å². The van der Waals surface area contributed by atoms with Gasteiger partial charge in [-0.15, -0.1) is 11.6 Å². The number of nitrogens with two attached hydrogens (primary N) is 1. The van der Waals surface area contributed by atoms with E-state index in [4.69, 9.17) is 22.1 Å². The van der Waals surface area contributed by atoms with Crippen molar-refractivity contribution in [3.63, 3.8) is 0 Å². The van der Waals surface area contributed by atoms with Gasteiger partial charge in [-0.2, -0.15) is 0 Å². The molecule has 1 atom stereocenters. The fourth-order valence-electron chi connectivity index (χ4n) is 3.29. The lowest BCUT2D eigenvalue weighted by Gasteiger charge is -2.33. The van der Waals surface area contributed by atoms with Gasteiger partial charge in [0.1, 0.15) is 0 Å². The Labute approximate surface area is 159 Å². The summed E-state index contributed by atoms with van der Waals surface area (Å²) in [6.45, 7) is 5.65. The summed E-state index contributed by atoms with van der Waals surface area (Å²) in [5.41, 5.74) is 10.4. The number of carbonyl (C=O) groups excluding carboxylic acids is 1. The van der Waals surface area contributed by atoms with Crippen LogP contribution in [-0.4, -0.2) is 25.1 Å². The molecule has 0 aliphatic carbocycles. The number of aromatic nitrogens is 1. The van der Waals surface area contributed by atoms with E-state index >= 15 is 0 Å². The van der Waals surface area contributed by atoms with Gasteiger partial charge in [0, 0.05) is 30.7 Å². The van der Waals surface area contributed by atoms with E-state index in [9.17, 15) is 4.79 Å². The molecule has 3 N–H and O–H groups in total. The van der Waals surface area contributed by atoms with Crippen LogP contribution in [0.25, 0.3) is 0 Å². The second-order valence-electron chi connectivity index (χ2n) is 6.89. The van der Waals surface area contributed by atoms with E-state index in [1.807, 2.05) is 52.1 Å². The van der Waals surface area contributed by atoms with Crippen molar-refractivity contribution in [2.75, 3.05) is 25.2 Å². The lowest BCUT2D eigenvalue weighted by Crippen LogP contribution is -2.33. The average molecular weight is 376 g/mol. The van der Waals surface area contributed by atoms with Crippen LogP contribution in [0.4, 0.5) is 11.4 Å². The molecule has 0 aliphatic rings. The van der Waals surface area contributed by atoms with Crippen LogP contribution >= 0.6 is 11.6 Å². The minimum Gasteiger partial charge on any atom is -0.469 e. The number of halogens is 1. The largest absolute Gasteiger partial charge is 0.469 e. The second-order valence-corrected chi connectivity index (χ2v) is 7.16. The number of benzene rings is 1. The Hall–Kier alpha value is -2.27. The van der Waals surface area contributed by atoms with Crippen molar-refractivity contribution >= 4 is 28.9 Å². The number of nitrogen functional groups attached to an aromatic ring is 1. The number of carbonyl (C=O) groups is 1. The smallest absolute Gasteiger partial charge is 0.312 e. The van der Waals surface area contributed by atoms with Crippen molar-refractivity contribution in [2.45, 2.75) is 32.6 Å². The van der Waals surface area contributed by atoms with Crippen LogP contribution in [0.5, 0.6) is 0 Å². The first-order valence-electron chi connectivity index (χ1n) is 8.43. The maximum atomic E-state index is 12.5. The summed E-state index contributed by atoms with van der Waals surface area (Å²) in [4.78, 5) is 17.0. The SMILES string of the molecule is CNc1ccc(C(c2cnc(C)c(CCl)c2)C(C)(C)C(=O)OC)cc1N. The number of nitrogens with one attached hydrogen (secondary N) is 1. The standard InChI is InChI=1S/C20H26ClN3O2/c1-12-14(10-21)8-15(11-24-12)18(20(2,3)19(25)26-5)13-6-7-17(23-4)16(22)9-13/h6-9,11,18,23H,10,22H2,1-5H3. The zero-order chi connectivity index (χ0) is 19.5. The number of rotatable bonds is 6. The molecule has 1 heterocycles. The van der Waals surface area contributed by atoms with Crippen LogP contribution in [0, 0.1) is 12.3 Å². The number of hydrogen-bond donors (Lipinski definition) is 2. The minimum atomic E-state index is -0.817. The summed E-state index contributed by atoms with van der Waals surface area (Å²) in [6.07, 6.45) is 1.79. The average Bonchev–Trinajstić information content (AvgIpc) is 2.62. The maximum absolute atomic E-state index is 12.5. The molecule has 2 aromatic rings. The van der Waals surface area contributed by atoms with Crippen molar-refractivity contribution in [1.29, 1.82) is 0 Å². The molecule has 6 heteroatoms. The molecule has 1 aromatic heterocycles. The molecule has 26 heavy (non-hydrogen) atoms. The molecule has 0 aliphatic heterocycles. The second kappa shape index (κ2) is 7.96. The molecule has 0 amide bonds. The number of methoxy groups -OCH3 is 1. The summed E-state index contributed by atoms with van der Waals surface area (Å²) in [5, 5.41) is 3.05. The summed E-state index contributed by atoms with van der Waals surface area (Å²) >= 11 is 6.06. The van der Waals surface area contributed by atoms with E-state index < -0.39 is 5.41 Å². The van der Waals surface area contributed by atoms with Gasteiger partial charge in [-0.05, 0) is 49.6 Å². The predicted octanol–water partition coefficient (Wildman–Crippen LogP) is 4.08. The molecule has 0 saturated heterocycles. The summed E-state index contributed by atoms with van der Waals surface area (Å²) in [5.74, 6) is -0.219. The molecule has 1 unspecified atom stereocenters. The molecule has 140 valence electrons. The highest BCUT2D eigenvalue weighted by atomic mass is 35.5. The highest BCUT2D eigenvalue weighted by molar-refractivity contribution is 6.17. The van der Waals surface area contributed by atoms with Crippen LogP contribution in [0.3, 0.4) is 0 Å². The van der Waals surface area contributed by atoms with Crippen molar-refractivity contribution in [1.82, 2.24) is 4.98 Å². The Morgan fingerprint density at radius 2 is 2.04 bits per heavy atom. The summed E-state index contributed by atoms with van der Waals surface area (Å²) in [6, 6.07) is 7.78. The van der Waals surface area contributed by atoms with Crippen LogP contribution in [0.1, 0.15) is 42.1 Å². The topological polar surface area (TPSA) is 77.2 Å². The summed E-state index contributed by atoms with van der Waals surface area (Å²) < 4.78 is 5.07. The predicted molar refractivity (Wildman–Crippen MR) is 107 cm³/mol. The first kappa shape index (κ1) is 20.0. The first-order chi connectivity index (χ1) is 12.3. The molecule has 2 rings (SSSR count). The zero-order valence-corrected chi connectivity index (χ0v) is 16.6. The van der Waals surface area contributed by atoms with Crippen LogP contribution in [0.2, 0.25) is 0 Å². The van der Waals surface area contributed by atoms with Gasteiger partial charge < -0.3 is 15.8 Å². The number of anilines is 2. The normalized spacial score (nSPS) is 12.5. The number of aryl methyl sites for hydroxylation is 1. The number of pyridine rings is 1. The number of ether oxygens (including phenoxy) is 1. The van der Waals surface area contributed by atoms with Crippen molar-refractivity contribution in [3.8, 4) is 0 Å². The van der Waals surface area contributed by atoms with E-state index in [0.717, 1.165) is 28.1 Å². The Balaban J connectivity index is 2.67. The van der Waals surface area contributed by atoms with Gasteiger partial charge in [-0.1, -0.05) is 12.1 Å². The Morgan fingerprint density at radius 3 is 2.58 bits per heavy atom. The number of hydrogen-bond acceptors (Lipinski definition) is 5. The number of esters is 1. The first-order valence-corrected chi connectivity index (χ1v) is 8.96. The van der Waals surface area contributed by atoms with Gasteiger partial charge >= 0.3 is 5.97 Å². The molecule has 0 spiro atoms. The lowest BCUT2D eigenvalue weighted by molar-refractivity contribution is -0.151. The quantitative estimate of drug-likeness (QED) is 0.452.